The zero-order valence-corrected chi connectivity index (χ0v) is 21.3. The molecule has 2 rings (SSSR count). The summed E-state index contributed by atoms with van der Waals surface area (Å²) in [5, 5.41) is 2.29. The lowest BCUT2D eigenvalue weighted by molar-refractivity contribution is -0.140. The molecule has 0 heterocycles. The maximum atomic E-state index is 13.4. The lowest BCUT2D eigenvalue weighted by Crippen LogP contribution is -2.52. The molecule has 2 aromatic rings. The van der Waals surface area contributed by atoms with Gasteiger partial charge in [0.1, 0.15) is 18.4 Å². The second kappa shape index (κ2) is 11.9. The number of nitrogens with zero attached hydrogens (tertiary/aromatic N) is 2. The predicted octanol–water partition coefficient (Wildman–Crippen LogP) is 4.21. The standard InChI is InChI=1S/C23H26ClF4N3O4S/c1-4-19(22(33)29-5-2)30(13-15-6-9-17(25)10-7-15)21(32)14-31(36(3,34)35)20-12-16(23(26,27)28)8-11-18(20)24/h6-12,19H,4-5,13-14H2,1-3H3,(H,29,33)/t19-/m0/s1. The van der Waals surface area contributed by atoms with E-state index in [1.54, 1.807) is 13.8 Å². The highest BCUT2D eigenvalue weighted by Gasteiger charge is 2.35. The van der Waals surface area contributed by atoms with Crippen LogP contribution in [0.15, 0.2) is 42.5 Å². The van der Waals surface area contributed by atoms with Crippen LogP contribution in [0.5, 0.6) is 0 Å². The Bertz CT molecular complexity index is 1190. The molecule has 13 heteroatoms. The van der Waals surface area contributed by atoms with Gasteiger partial charge in [0.05, 0.1) is 22.5 Å². The fraction of sp³-hybridized carbons (Fsp3) is 0.391. The van der Waals surface area contributed by atoms with Gasteiger partial charge in [0.15, 0.2) is 0 Å². The summed E-state index contributed by atoms with van der Waals surface area (Å²) in [6.45, 7) is 2.49. The van der Waals surface area contributed by atoms with E-state index in [1.165, 1.54) is 12.1 Å². The van der Waals surface area contributed by atoms with Gasteiger partial charge < -0.3 is 10.2 Å². The maximum Gasteiger partial charge on any atom is 0.416 e. The number of benzene rings is 2. The third kappa shape index (κ3) is 7.57. The summed E-state index contributed by atoms with van der Waals surface area (Å²) < 4.78 is 78.8. The van der Waals surface area contributed by atoms with Crippen molar-refractivity contribution in [2.75, 3.05) is 23.7 Å². The van der Waals surface area contributed by atoms with Crippen LogP contribution in [0.1, 0.15) is 31.4 Å². The molecule has 1 N–H and O–H groups in total. The van der Waals surface area contributed by atoms with Crippen molar-refractivity contribution in [2.24, 2.45) is 0 Å². The summed E-state index contributed by atoms with van der Waals surface area (Å²) in [7, 11) is -4.29. The molecule has 0 aliphatic carbocycles. The third-order valence-electron chi connectivity index (χ3n) is 5.22. The molecule has 0 spiro atoms. The molecule has 7 nitrogen and oxygen atoms in total. The van der Waals surface area contributed by atoms with Gasteiger partial charge in [-0.2, -0.15) is 13.2 Å². The van der Waals surface area contributed by atoms with E-state index in [2.05, 4.69) is 5.32 Å². The second-order valence-electron chi connectivity index (χ2n) is 7.90. The van der Waals surface area contributed by atoms with E-state index in [0.717, 1.165) is 29.4 Å². The monoisotopic (exact) mass is 551 g/mol. The Hall–Kier alpha value is -2.86. The molecule has 0 saturated carbocycles. The number of carbonyl (C=O) groups is 2. The van der Waals surface area contributed by atoms with Crippen LogP contribution >= 0.6 is 11.6 Å². The highest BCUT2D eigenvalue weighted by molar-refractivity contribution is 7.92. The summed E-state index contributed by atoms with van der Waals surface area (Å²) in [6.07, 6.45) is -3.91. The van der Waals surface area contributed by atoms with Crippen LogP contribution < -0.4 is 9.62 Å². The first-order valence-corrected chi connectivity index (χ1v) is 13.1. The molecule has 2 amide bonds. The van der Waals surface area contributed by atoms with E-state index in [0.29, 0.717) is 22.0 Å². The minimum absolute atomic E-state index is 0.155. The van der Waals surface area contributed by atoms with Crippen molar-refractivity contribution in [1.82, 2.24) is 10.2 Å². The Kier molecular flexibility index (Phi) is 9.72. The highest BCUT2D eigenvalue weighted by atomic mass is 35.5. The number of hydrogen-bond donors (Lipinski definition) is 1. The summed E-state index contributed by atoms with van der Waals surface area (Å²) in [4.78, 5) is 27.2. The number of amides is 2. The second-order valence-corrected chi connectivity index (χ2v) is 10.2. The lowest BCUT2D eigenvalue weighted by atomic mass is 10.1. The zero-order valence-electron chi connectivity index (χ0n) is 19.8. The number of alkyl halides is 3. The van der Waals surface area contributed by atoms with E-state index < -0.39 is 57.7 Å². The minimum Gasteiger partial charge on any atom is -0.355 e. The molecule has 198 valence electrons. The first-order valence-electron chi connectivity index (χ1n) is 10.8. The van der Waals surface area contributed by atoms with Gasteiger partial charge >= 0.3 is 6.18 Å². The SMILES string of the molecule is CCNC(=O)[C@H](CC)N(Cc1ccc(F)cc1)C(=O)CN(c1cc(C(F)(F)F)ccc1Cl)S(C)(=O)=O. The van der Waals surface area contributed by atoms with Crippen molar-refractivity contribution in [3.05, 3.63) is 64.4 Å². The first kappa shape index (κ1) is 29.4. The molecule has 2 aromatic carbocycles. The molecule has 36 heavy (non-hydrogen) atoms. The quantitative estimate of drug-likeness (QED) is 0.448. The normalized spacial score (nSPS) is 12.7. The van der Waals surface area contributed by atoms with Crippen LogP contribution in [0.2, 0.25) is 5.02 Å². The van der Waals surface area contributed by atoms with Gasteiger partial charge in [0.2, 0.25) is 21.8 Å². The average Bonchev–Trinajstić information content (AvgIpc) is 2.77. The van der Waals surface area contributed by atoms with E-state index >= 15 is 0 Å². The molecular weight excluding hydrogens is 526 g/mol. The van der Waals surface area contributed by atoms with Crippen molar-refractivity contribution in [3.8, 4) is 0 Å². The Morgan fingerprint density at radius 3 is 2.19 bits per heavy atom. The topological polar surface area (TPSA) is 86.8 Å². The summed E-state index contributed by atoms with van der Waals surface area (Å²) in [6, 6.07) is 6.23. The number of rotatable bonds is 10. The van der Waals surface area contributed by atoms with E-state index in [1.807, 2.05) is 0 Å². The number of halogens is 5. The van der Waals surface area contributed by atoms with Gasteiger partial charge in [0.25, 0.3) is 0 Å². The van der Waals surface area contributed by atoms with Crippen molar-refractivity contribution in [1.29, 1.82) is 0 Å². The number of nitrogens with one attached hydrogen (secondary N) is 1. The van der Waals surface area contributed by atoms with Gasteiger partial charge in [-0.15, -0.1) is 0 Å². The zero-order chi connectivity index (χ0) is 27.3. The number of hydrogen-bond acceptors (Lipinski definition) is 4. The Morgan fingerprint density at radius 1 is 1.08 bits per heavy atom. The average molecular weight is 552 g/mol. The fourth-order valence-electron chi connectivity index (χ4n) is 3.47. The van der Waals surface area contributed by atoms with Gasteiger partial charge in [-0.25, -0.2) is 12.8 Å². The summed E-state index contributed by atoms with van der Waals surface area (Å²) in [5.41, 5.74) is -1.23. The molecule has 1 atom stereocenters. The molecule has 0 bridgehead atoms. The van der Waals surface area contributed by atoms with Gasteiger partial charge in [-0.1, -0.05) is 30.7 Å². The number of sulfonamides is 1. The van der Waals surface area contributed by atoms with Crippen LogP contribution in [0.4, 0.5) is 23.2 Å². The number of likely N-dealkylation sites (N-methyl/N-ethyl adjacent to an activating group) is 1. The van der Waals surface area contributed by atoms with Gasteiger partial charge in [-0.3, -0.25) is 13.9 Å². The van der Waals surface area contributed by atoms with E-state index in [9.17, 15) is 35.6 Å². The largest absolute Gasteiger partial charge is 0.416 e. The summed E-state index contributed by atoms with van der Waals surface area (Å²) >= 11 is 6.04. The lowest BCUT2D eigenvalue weighted by Gasteiger charge is -2.33. The van der Waals surface area contributed by atoms with Crippen LogP contribution in [0.3, 0.4) is 0 Å². The van der Waals surface area contributed by atoms with Crippen LogP contribution in [0, 0.1) is 5.82 Å². The van der Waals surface area contributed by atoms with E-state index in [-0.39, 0.29) is 24.5 Å². The van der Waals surface area contributed by atoms with Crippen LogP contribution in [-0.4, -0.2) is 50.5 Å². The molecule has 0 aromatic heterocycles. The molecule has 0 aliphatic rings. The highest BCUT2D eigenvalue weighted by Crippen LogP contribution is 2.36. The molecule has 0 radical (unpaired) electrons. The van der Waals surface area contributed by atoms with E-state index in [4.69, 9.17) is 11.6 Å². The van der Waals surface area contributed by atoms with Crippen molar-refractivity contribution in [2.45, 2.75) is 39.0 Å². The molecule has 0 unspecified atom stereocenters. The first-order chi connectivity index (χ1) is 16.7. The van der Waals surface area contributed by atoms with Crippen molar-refractivity contribution < 1.29 is 35.6 Å². The van der Waals surface area contributed by atoms with Crippen LogP contribution in [0.25, 0.3) is 0 Å². The van der Waals surface area contributed by atoms with Gasteiger partial charge in [0, 0.05) is 13.1 Å². The van der Waals surface area contributed by atoms with Crippen molar-refractivity contribution >= 4 is 39.1 Å². The third-order valence-corrected chi connectivity index (χ3v) is 6.67. The molecule has 0 saturated heterocycles. The fourth-order valence-corrected chi connectivity index (χ4v) is 4.60. The Morgan fingerprint density at radius 2 is 1.69 bits per heavy atom. The smallest absolute Gasteiger partial charge is 0.355 e. The van der Waals surface area contributed by atoms with Crippen molar-refractivity contribution in [3.63, 3.8) is 0 Å². The number of carbonyl (C=O) groups excluding carboxylic acids is 2. The molecule has 0 fully saturated rings. The Balaban J connectivity index is 2.53. The predicted molar refractivity (Wildman–Crippen MR) is 128 cm³/mol. The van der Waals surface area contributed by atoms with Crippen LogP contribution in [-0.2, 0) is 32.3 Å². The minimum atomic E-state index is -4.79. The molecule has 0 aliphatic heterocycles. The Labute approximate surface area is 212 Å². The maximum absolute atomic E-state index is 13.4. The van der Waals surface area contributed by atoms with Gasteiger partial charge in [-0.05, 0) is 49.2 Å². The summed E-state index contributed by atoms with van der Waals surface area (Å²) in [5.74, 6) is -1.88. The number of anilines is 1. The molecular formula is C23H26ClF4N3O4S.